The maximum atomic E-state index is 10.3. The van der Waals surface area contributed by atoms with E-state index in [1.54, 1.807) is 0 Å². The largest absolute Gasteiger partial charge is 0.409 e. The Morgan fingerprint density at radius 3 is 2.33 bits per heavy atom. The van der Waals surface area contributed by atoms with Crippen LogP contribution in [0.1, 0.15) is 0 Å². The van der Waals surface area contributed by atoms with Crippen LogP contribution in [0.5, 0.6) is 0 Å². The molecule has 0 spiro atoms. The number of sulfone groups is 1. The van der Waals surface area contributed by atoms with Crippen molar-refractivity contribution in [1.82, 2.24) is 0 Å². The van der Waals surface area contributed by atoms with E-state index in [-0.39, 0.29) is 5.84 Å². The lowest BCUT2D eigenvalue weighted by molar-refractivity contribution is 0.318. The molecule has 0 aliphatic heterocycles. The van der Waals surface area contributed by atoms with Crippen LogP contribution < -0.4 is 5.73 Å². The van der Waals surface area contributed by atoms with Gasteiger partial charge in [0.2, 0.25) is 0 Å². The summed E-state index contributed by atoms with van der Waals surface area (Å²) in [6.45, 7) is 0. The van der Waals surface area contributed by atoms with Crippen molar-refractivity contribution in [2.75, 3.05) is 12.0 Å². The van der Waals surface area contributed by atoms with Crippen LogP contribution in [-0.4, -0.2) is 31.5 Å². The summed E-state index contributed by atoms with van der Waals surface area (Å²) >= 11 is 0. The van der Waals surface area contributed by atoms with Gasteiger partial charge in [0.1, 0.15) is 5.75 Å². The molecule has 54 valence electrons. The molecule has 5 nitrogen and oxygen atoms in total. The van der Waals surface area contributed by atoms with Crippen LogP contribution in [0.3, 0.4) is 0 Å². The summed E-state index contributed by atoms with van der Waals surface area (Å²) in [7, 11) is -3.15. The molecule has 9 heavy (non-hydrogen) atoms. The minimum absolute atomic E-state index is 0.294. The third kappa shape index (κ3) is 5.09. The summed E-state index contributed by atoms with van der Waals surface area (Å²) in [6.07, 6.45) is 1.01. The van der Waals surface area contributed by atoms with Gasteiger partial charge in [0, 0.05) is 6.26 Å². The number of rotatable bonds is 2. The van der Waals surface area contributed by atoms with E-state index in [1.807, 2.05) is 0 Å². The minimum Gasteiger partial charge on any atom is -0.409 e. The van der Waals surface area contributed by atoms with E-state index in [2.05, 4.69) is 5.16 Å². The maximum absolute atomic E-state index is 10.3. The average molecular weight is 152 g/mol. The standard InChI is InChI=1S/C3H8N2O3S/c1-9(7,8)2-3(4)5-6/h6H,2H2,1H3,(H2,4,5). The van der Waals surface area contributed by atoms with E-state index in [4.69, 9.17) is 10.9 Å². The van der Waals surface area contributed by atoms with Crippen LogP contribution in [0.4, 0.5) is 0 Å². The molecule has 0 aromatic carbocycles. The number of nitrogens with zero attached hydrogens (tertiary/aromatic N) is 1. The molecule has 0 aromatic rings. The molecule has 0 radical (unpaired) electrons. The molecule has 0 amide bonds. The van der Waals surface area contributed by atoms with Gasteiger partial charge in [-0.05, 0) is 0 Å². The number of oxime groups is 1. The van der Waals surface area contributed by atoms with E-state index >= 15 is 0 Å². The lowest BCUT2D eigenvalue weighted by Crippen LogP contribution is -2.22. The summed E-state index contributed by atoms with van der Waals surface area (Å²) in [5.41, 5.74) is 4.88. The van der Waals surface area contributed by atoms with Crippen LogP contribution in [0.15, 0.2) is 5.16 Å². The molecule has 6 heteroatoms. The lowest BCUT2D eigenvalue weighted by atomic mass is 10.7. The van der Waals surface area contributed by atoms with Gasteiger partial charge < -0.3 is 10.9 Å². The van der Waals surface area contributed by atoms with Gasteiger partial charge >= 0.3 is 0 Å². The third-order valence-corrected chi connectivity index (χ3v) is 1.36. The highest BCUT2D eigenvalue weighted by atomic mass is 32.2. The molecule has 0 heterocycles. The second kappa shape index (κ2) is 2.67. The van der Waals surface area contributed by atoms with Crippen molar-refractivity contribution >= 4 is 15.7 Å². The van der Waals surface area contributed by atoms with Crippen molar-refractivity contribution in [3.05, 3.63) is 0 Å². The Morgan fingerprint density at radius 1 is 1.78 bits per heavy atom. The minimum atomic E-state index is -3.15. The Morgan fingerprint density at radius 2 is 2.22 bits per heavy atom. The summed E-state index contributed by atoms with van der Waals surface area (Å²) < 4.78 is 20.7. The van der Waals surface area contributed by atoms with Crippen LogP contribution >= 0.6 is 0 Å². The average Bonchev–Trinajstić information content (AvgIpc) is 1.62. The molecule has 3 N–H and O–H groups in total. The third-order valence-electron chi connectivity index (χ3n) is 0.539. The van der Waals surface area contributed by atoms with E-state index in [0.29, 0.717) is 0 Å². The van der Waals surface area contributed by atoms with Gasteiger partial charge in [-0.25, -0.2) is 8.42 Å². The van der Waals surface area contributed by atoms with Crippen LogP contribution in [0.2, 0.25) is 0 Å². The zero-order valence-electron chi connectivity index (χ0n) is 4.90. The van der Waals surface area contributed by atoms with E-state index in [1.165, 1.54) is 0 Å². The van der Waals surface area contributed by atoms with Crippen molar-refractivity contribution in [2.24, 2.45) is 10.9 Å². The smallest absolute Gasteiger partial charge is 0.154 e. The molecule has 0 unspecified atom stereocenters. The highest BCUT2D eigenvalue weighted by Crippen LogP contribution is 1.80. The fraction of sp³-hybridized carbons (Fsp3) is 0.667. The van der Waals surface area contributed by atoms with Crippen molar-refractivity contribution in [3.8, 4) is 0 Å². The number of hydrogen-bond acceptors (Lipinski definition) is 4. The SMILES string of the molecule is CS(=O)(=O)C/C(N)=N/O. The molecule has 0 saturated heterocycles. The van der Waals surface area contributed by atoms with E-state index in [9.17, 15) is 8.42 Å². The van der Waals surface area contributed by atoms with Gasteiger partial charge in [-0.3, -0.25) is 0 Å². The predicted octanol–water partition coefficient (Wildman–Crippen LogP) is -1.22. The molecule has 0 saturated carbocycles. The van der Waals surface area contributed by atoms with Crippen molar-refractivity contribution in [3.63, 3.8) is 0 Å². The number of hydrogen-bond donors (Lipinski definition) is 2. The topological polar surface area (TPSA) is 92.8 Å². The summed E-state index contributed by atoms with van der Waals surface area (Å²) in [6, 6.07) is 0. The first-order valence-electron chi connectivity index (χ1n) is 2.10. The highest BCUT2D eigenvalue weighted by Gasteiger charge is 2.04. The molecule has 0 rings (SSSR count). The van der Waals surface area contributed by atoms with Crippen molar-refractivity contribution in [1.29, 1.82) is 0 Å². The monoisotopic (exact) mass is 152 g/mol. The predicted molar refractivity (Wildman–Crippen MR) is 33.1 cm³/mol. The zero-order chi connectivity index (χ0) is 7.49. The first kappa shape index (κ1) is 8.22. The molecule has 0 aliphatic rings. The number of nitrogens with two attached hydrogens (primary N) is 1. The Kier molecular flexibility index (Phi) is 2.44. The first-order chi connectivity index (χ1) is 3.95. The van der Waals surface area contributed by atoms with Gasteiger partial charge in [0.05, 0.1) is 0 Å². The summed E-state index contributed by atoms with van der Waals surface area (Å²) in [4.78, 5) is 0. The van der Waals surface area contributed by atoms with Crippen LogP contribution in [0, 0.1) is 0 Å². The Bertz CT molecular complexity index is 205. The number of amidine groups is 1. The van der Waals surface area contributed by atoms with Gasteiger partial charge in [0.15, 0.2) is 15.7 Å². The van der Waals surface area contributed by atoms with Gasteiger partial charge in [-0.1, -0.05) is 5.16 Å². The van der Waals surface area contributed by atoms with Gasteiger partial charge in [-0.15, -0.1) is 0 Å². The summed E-state index contributed by atoms with van der Waals surface area (Å²) in [5.74, 6) is -0.693. The molecule has 0 bridgehead atoms. The lowest BCUT2D eigenvalue weighted by Gasteiger charge is -1.92. The molecule has 0 fully saturated rings. The maximum Gasteiger partial charge on any atom is 0.154 e. The first-order valence-corrected chi connectivity index (χ1v) is 4.16. The second-order valence-corrected chi connectivity index (χ2v) is 3.80. The normalized spacial score (nSPS) is 13.7. The van der Waals surface area contributed by atoms with Crippen molar-refractivity contribution in [2.45, 2.75) is 0 Å². The molecular formula is C3H8N2O3S. The Labute approximate surface area is 53.1 Å². The van der Waals surface area contributed by atoms with Crippen LogP contribution in [0.25, 0.3) is 0 Å². The van der Waals surface area contributed by atoms with Gasteiger partial charge in [-0.2, -0.15) is 0 Å². The molecular weight excluding hydrogens is 144 g/mol. The van der Waals surface area contributed by atoms with E-state index < -0.39 is 15.6 Å². The summed E-state index contributed by atoms with van der Waals surface area (Å²) in [5, 5.41) is 10.4. The highest BCUT2D eigenvalue weighted by molar-refractivity contribution is 7.91. The molecule has 0 aliphatic carbocycles. The fourth-order valence-electron chi connectivity index (χ4n) is 0.297. The Balaban J connectivity index is 4.07. The second-order valence-electron chi connectivity index (χ2n) is 1.66. The van der Waals surface area contributed by atoms with E-state index in [0.717, 1.165) is 6.26 Å². The van der Waals surface area contributed by atoms with Crippen LogP contribution in [-0.2, 0) is 9.84 Å². The Hall–Kier alpha value is -0.780. The molecule has 0 atom stereocenters. The fourth-order valence-corrected chi connectivity index (χ4v) is 0.892. The zero-order valence-corrected chi connectivity index (χ0v) is 5.72. The van der Waals surface area contributed by atoms with Gasteiger partial charge in [0.25, 0.3) is 0 Å². The quantitative estimate of drug-likeness (QED) is 0.224. The van der Waals surface area contributed by atoms with Crippen molar-refractivity contribution < 1.29 is 13.6 Å². The molecule has 0 aromatic heterocycles.